The van der Waals surface area contributed by atoms with Gasteiger partial charge in [0.25, 0.3) is 10.0 Å². The summed E-state index contributed by atoms with van der Waals surface area (Å²) in [6, 6.07) is 17.9. The van der Waals surface area contributed by atoms with E-state index in [9.17, 15) is 16.8 Å². The van der Waals surface area contributed by atoms with Gasteiger partial charge in [0, 0.05) is 37.8 Å². The normalized spacial score (nSPS) is 15.1. The molecule has 41 heavy (non-hydrogen) atoms. The zero-order valence-electron chi connectivity index (χ0n) is 21.8. The number of aromatic amines is 1. The summed E-state index contributed by atoms with van der Waals surface area (Å²) in [4.78, 5) is 5.12. The summed E-state index contributed by atoms with van der Waals surface area (Å²) in [6.45, 7) is 2.78. The molecule has 0 amide bonds. The Hall–Kier alpha value is -3.11. The first-order valence-corrected chi connectivity index (χ1v) is 16.6. The Morgan fingerprint density at radius 2 is 1.51 bits per heavy atom. The standard InChI is InChI=1S/C28H27Cl2N5O4S2/c29-24-11-12-26(28-27(24)25(30)19-32-28)33-40(36,37)22-7-9-23(10-8-22)41(38,39)35-16-14-34(15-17-35)13-1-2-20-3-5-21(18-31)6-4-20/h3-12,19,32-33H,1-2,13-17H2. The van der Waals surface area contributed by atoms with E-state index in [2.05, 4.69) is 20.7 Å². The number of anilines is 1. The molecule has 3 aromatic carbocycles. The number of aromatic nitrogens is 1. The molecule has 1 saturated heterocycles. The third-order valence-corrected chi connectivity index (χ3v) is 11.0. The molecule has 1 aliphatic heterocycles. The molecule has 1 aromatic heterocycles. The Kier molecular flexibility index (Phi) is 8.61. The Bertz CT molecular complexity index is 1810. The molecule has 0 aliphatic carbocycles. The van der Waals surface area contributed by atoms with Crippen LogP contribution in [0.15, 0.2) is 76.7 Å². The number of nitrogens with one attached hydrogen (secondary N) is 2. The summed E-state index contributed by atoms with van der Waals surface area (Å²) in [6.07, 6.45) is 3.34. The van der Waals surface area contributed by atoms with Crippen molar-refractivity contribution < 1.29 is 16.8 Å². The molecular weight excluding hydrogens is 605 g/mol. The van der Waals surface area contributed by atoms with Gasteiger partial charge in [-0.15, -0.1) is 0 Å². The van der Waals surface area contributed by atoms with Crippen molar-refractivity contribution in [3.8, 4) is 6.07 Å². The lowest BCUT2D eigenvalue weighted by atomic mass is 10.1. The maximum atomic E-state index is 13.3. The van der Waals surface area contributed by atoms with Gasteiger partial charge in [0.2, 0.25) is 10.0 Å². The van der Waals surface area contributed by atoms with Gasteiger partial charge in [-0.25, -0.2) is 16.8 Å². The highest BCUT2D eigenvalue weighted by Gasteiger charge is 2.29. The molecule has 13 heteroatoms. The first-order chi connectivity index (χ1) is 19.6. The largest absolute Gasteiger partial charge is 0.358 e. The monoisotopic (exact) mass is 631 g/mol. The van der Waals surface area contributed by atoms with E-state index in [4.69, 9.17) is 28.5 Å². The molecule has 0 spiro atoms. The number of halogens is 2. The van der Waals surface area contributed by atoms with Crippen LogP contribution in [-0.4, -0.2) is 63.7 Å². The van der Waals surface area contributed by atoms with E-state index in [1.807, 2.05) is 24.3 Å². The minimum Gasteiger partial charge on any atom is -0.358 e. The fourth-order valence-corrected chi connectivity index (χ4v) is 7.90. The molecule has 0 unspecified atom stereocenters. The number of nitriles is 1. The Labute approximate surface area is 249 Å². The third kappa shape index (κ3) is 6.38. The molecule has 9 nitrogen and oxygen atoms in total. The van der Waals surface area contributed by atoms with Gasteiger partial charge >= 0.3 is 0 Å². The summed E-state index contributed by atoms with van der Waals surface area (Å²) in [5, 5.41) is 10.2. The van der Waals surface area contributed by atoms with Crippen molar-refractivity contribution in [1.82, 2.24) is 14.2 Å². The lowest BCUT2D eigenvalue weighted by Gasteiger charge is -2.34. The number of benzene rings is 3. The molecule has 0 bridgehead atoms. The van der Waals surface area contributed by atoms with Gasteiger partial charge in [-0.3, -0.25) is 4.72 Å². The number of hydrogen-bond acceptors (Lipinski definition) is 6. The average molecular weight is 633 g/mol. The topological polar surface area (TPSA) is 126 Å². The zero-order chi connectivity index (χ0) is 29.2. The van der Waals surface area contributed by atoms with Crippen LogP contribution in [0, 0.1) is 11.3 Å². The number of nitrogens with zero attached hydrogens (tertiary/aromatic N) is 3. The van der Waals surface area contributed by atoms with Crippen LogP contribution >= 0.6 is 23.2 Å². The molecule has 1 fully saturated rings. The van der Waals surface area contributed by atoms with Crippen LogP contribution in [-0.2, 0) is 26.5 Å². The number of rotatable bonds is 9. The second-order valence-corrected chi connectivity index (χ2v) is 14.2. The van der Waals surface area contributed by atoms with Gasteiger partial charge in [0.15, 0.2) is 0 Å². The fraction of sp³-hybridized carbons (Fsp3) is 0.250. The van der Waals surface area contributed by atoms with Crippen LogP contribution in [0.1, 0.15) is 17.5 Å². The van der Waals surface area contributed by atoms with Crippen molar-refractivity contribution >= 4 is 59.8 Å². The molecule has 2 N–H and O–H groups in total. The molecule has 0 atom stereocenters. The number of aryl methyl sites for hydroxylation is 1. The molecule has 0 radical (unpaired) electrons. The van der Waals surface area contributed by atoms with Crippen molar-refractivity contribution in [2.24, 2.45) is 0 Å². The number of H-pyrrole nitrogens is 1. The van der Waals surface area contributed by atoms with Crippen molar-refractivity contribution in [2.75, 3.05) is 37.4 Å². The summed E-state index contributed by atoms with van der Waals surface area (Å²) in [7, 11) is -7.80. The second-order valence-electron chi connectivity index (χ2n) is 9.72. The minimum atomic E-state index is -4.02. The SMILES string of the molecule is N#Cc1ccc(CCCN2CCN(S(=O)(=O)c3ccc(S(=O)(=O)Nc4ccc(Cl)c5c(Cl)c[nH]c45)cc3)CC2)cc1. The highest BCUT2D eigenvalue weighted by atomic mass is 35.5. The lowest BCUT2D eigenvalue weighted by molar-refractivity contribution is 0.187. The van der Waals surface area contributed by atoms with Gasteiger partial charge in [-0.05, 0) is 73.5 Å². The minimum absolute atomic E-state index is 0.0377. The summed E-state index contributed by atoms with van der Waals surface area (Å²) < 4.78 is 56.6. The van der Waals surface area contributed by atoms with E-state index in [0.29, 0.717) is 52.7 Å². The number of hydrogen-bond donors (Lipinski definition) is 2. The summed E-state index contributed by atoms with van der Waals surface area (Å²) >= 11 is 12.4. The number of piperazine rings is 1. The van der Waals surface area contributed by atoms with Gasteiger partial charge < -0.3 is 9.88 Å². The first kappa shape index (κ1) is 29.4. The molecular formula is C28H27Cl2N5O4S2. The summed E-state index contributed by atoms with van der Waals surface area (Å²) in [5.41, 5.74) is 2.52. The van der Waals surface area contributed by atoms with Crippen LogP contribution in [0.3, 0.4) is 0 Å². The predicted octanol–water partition coefficient (Wildman–Crippen LogP) is 5.09. The average Bonchev–Trinajstić information content (AvgIpc) is 3.38. The fourth-order valence-electron chi connectivity index (χ4n) is 4.84. The van der Waals surface area contributed by atoms with Crippen molar-refractivity contribution in [3.63, 3.8) is 0 Å². The Morgan fingerprint density at radius 1 is 0.854 bits per heavy atom. The van der Waals surface area contributed by atoms with E-state index < -0.39 is 20.0 Å². The van der Waals surface area contributed by atoms with Crippen LogP contribution in [0.5, 0.6) is 0 Å². The van der Waals surface area contributed by atoms with Crippen molar-refractivity contribution in [3.05, 3.63) is 88.0 Å². The van der Waals surface area contributed by atoms with Crippen LogP contribution in [0.2, 0.25) is 10.0 Å². The van der Waals surface area contributed by atoms with E-state index in [0.717, 1.165) is 19.4 Å². The predicted molar refractivity (Wildman–Crippen MR) is 160 cm³/mol. The lowest BCUT2D eigenvalue weighted by Crippen LogP contribution is -2.48. The van der Waals surface area contributed by atoms with E-state index in [1.165, 1.54) is 46.4 Å². The molecule has 0 saturated carbocycles. The maximum Gasteiger partial charge on any atom is 0.261 e. The van der Waals surface area contributed by atoms with Crippen LogP contribution in [0.25, 0.3) is 10.9 Å². The zero-order valence-corrected chi connectivity index (χ0v) is 25.0. The van der Waals surface area contributed by atoms with E-state index in [1.54, 1.807) is 6.07 Å². The second kappa shape index (κ2) is 12.0. The smallest absolute Gasteiger partial charge is 0.261 e. The van der Waals surface area contributed by atoms with E-state index >= 15 is 0 Å². The van der Waals surface area contributed by atoms with E-state index in [-0.39, 0.29) is 15.5 Å². The molecule has 5 rings (SSSR count). The third-order valence-electron chi connectivity index (χ3n) is 7.11. The number of fused-ring (bicyclic) bond motifs is 1. The van der Waals surface area contributed by atoms with Crippen molar-refractivity contribution in [2.45, 2.75) is 22.6 Å². The van der Waals surface area contributed by atoms with Crippen molar-refractivity contribution in [1.29, 1.82) is 5.26 Å². The first-order valence-electron chi connectivity index (χ1n) is 12.9. The summed E-state index contributed by atoms with van der Waals surface area (Å²) in [5.74, 6) is 0. The Morgan fingerprint density at radius 3 is 2.17 bits per heavy atom. The number of sulfonamides is 2. The van der Waals surface area contributed by atoms with Gasteiger partial charge in [0.1, 0.15) is 0 Å². The molecule has 4 aromatic rings. The van der Waals surface area contributed by atoms with Crippen LogP contribution in [0.4, 0.5) is 5.69 Å². The molecule has 1 aliphatic rings. The maximum absolute atomic E-state index is 13.3. The molecule has 214 valence electrons. The van der Waals surface area contributed by atoms with Crippen LogP contribution < -0.4 is 4.72 Å². The highest BCUT2D eigenvalue weighted by molar-refractivity contribution is 7.92. The van der Waals surface area contributed by atoms with Gasteiger partial charge in [-0.2, -0.15) is 9.57 Å². The molecule has 2 heterocycles. The van der Waals surface area contributed by atoms with Gasteiger partial charge in [-0.1, -0.05) is 35.3 Å². The Balaban J connectivity index is 1.18. The van der Waals surface area contributed by atoms with Gasteiger partial charge in [0.05, 0.1) is 42.7 Å². The quantitative estimate of drug-likeness (QED) is 0.265. The highest BCUT2D eigenvalue weighted by Crippen LogP contribution is 2.35.